The van der Waals surface area contributed by atoms with E-state index in [1.54, 1.807) is 12.1 Å². The van der Waals surface area contributed by atoms with Gasteiger partial charge < -0.3 is 30.5 Å². The second-order valence-electron chi connectivity index (χ2n) is 9.34. The lowest BCUT2D eigenvalue weighted by Crippen LogP contribution is -2.44. The Morgan fingerprint density at radius 1 is 1.06 bits per heavy atom. The second-order valence-corrected chi connectivity index (χ2v) is 9.34. The number of nitrogens with one attached hydrogen (secondary N) is 3. The molecule has 1 aliphatic carbocycles. The van der Waals surface area contributed by atoms with Crippen LogP contribution in [0, 0.1) is 5.82 Å². The maximum atomic E-state index is 14.6. The Morgan fingerprint density at radius 2 is 1.91 bits per heavy atom. The zero-order valence-corrected chi connectivity index (χ0v) is 19.7. The Bertz CT molecular complexity index is 1230. The van der Waals surface area contributed by atoms with Crippen LogP contribution in [-0.4, -0.2) is 66.2 Å². The van der Waals surface area contributed by atoms with Crippen molar-refractivity contribution in [2.75, 3.05) is 67.2 Å². The van der Waals surface area contributed by atoms with Crippen LogP contribution in [0.2, 0.25) is 0 Å². The molecule has 0 spiro atoms. The largest absolute Gasteiger partial charge is 0.488 e. The first-order chi connectivity index (χ1) is 17.1. The van der Waals surface area contributed by atoms with Gasteiger partial charge in [0.1, 0.15) is 12.4 Å². The van der Waals surface area contributed by atoms with Crippen LogP contribution in [0.25, 0.3) is 0 Å². The highest BCUT2D eigenvalue weighted by Crippen LogP contribution is 2.42. The van der Waals surface area contributed by atoms with Crippen LogP contribution in [0.1, 0.15) is 24.3 Å². The summed E-state index contributed by atoms with van der Waals surface area (Å²) in [6.45, 7) is 5.36. The minimum Gasteiger partial charge on any atom is -0.488 e. The van der Waals surface area contributed by atoms with Crippen LogP contribution >= 0.6 is 0 Å². The lowest BCUT2D eigenvalue weighted by atomic mass is 10.1. The van der Waals surface area contributed by atoms with Crippen LogP contribution in [-0.2, 0) is 0 Å². The van der Waals surface area contributed by atoms with E-state index in [0.717, 1.165) is 31.9 Å². The summed E-state index contributed by atoms with van der Waals surface area (Å²) in [6.07, 6.45) is 3.62. The lowest BCUT2D eigenvalue weighted by Gasteiger charge is -2.34. The highest BCUT2D eigenvalue weighted by Gasteiger charge is 2.25. The van der Waals surface area contributed by atoms with Gasteiger partial charge in [-0.1, -0.05) is 0 Å². The van der Waals surface area contributed by atoms with Crippen LogP contribution in [0.3, 0.4) is 0 Å². The molecule has 0 unspecified atom stereocenters. The first kappa shape index (κ1) is 21.8. The molecule has 0 bridgehead atoms. The summed E-state index contributed by atoms with van der Waals surface area (Å²) < 4.78 is 20.1. The topological polar surface area (TPSA) is 90.5 Å². The molecule has 1 aromatic carbocycles. The normalized spacial score (nSPS) is 17.8. The average molecular weight is 477 g/mol. The van der Waals surface area contributed by atoms with Gasteiger partial charge in [0.15, 0.2) is 23.2 Å². The minimum atomic E-state index is -0.552. The van der Waals surface area contributed by atoms with E-state index in [-0.39, 0.29) is 5.82 Å². The van der Waals surface area contributed by atoms with Gasteiger partial charge in [-0.25, -0.2) is 14.4 Å². The number of halogens is 1. The fourth-order valence-electron chi connectivity index (χ4n) is 4.46. The van der Waals surface area contributed by atoms with Crippen LogP contribution < -0.4 is 25.6 Å². The molecule has 1 saturated heterocycles. The first-order valence-electron chi connectivity index (χ1n) is 12.1. The van der Waals surface area contributed by atoms with Crippen LogP contribution in [0.5, 0.6) is 5.75 Å². The highest BCUT2D eigenvalue weighted by molar-refractivity contribution is 5.66. The molecule has 35 heavy (non-hydrogen) atoms. The molecule has 2 aliphatic heterocycles. The smallest absolute Gasteiger partial charge is 0.229 e. The lowest BCUT2D eigenvalue weighted by molar-refractivity contribution is 0.313. The van der Waals surface area contributed by atoms with Gasteiger partial charge in [0.2, 0.25) is 5.95 Å². The summed E-state index contributed by atoms with van der Waals surface area (Å²) in [5.74, 6) is 2.22. The van der Waals surface area contributed by atoms with E-state index in [1.807, 2.05) is 0 Å². The zero-order chi connectivity index (χ0) is 23.8. The van der Waals surface area contributed by atoms with Crippen molar-refractivity contribution in [3.05, 3.63) is 47.9 Å². The van der Waals surface area contributed by atoms with Gasteiger partial charge in [0.05, 0.1) is 12.7 Å². The van der Waals surface area contributed by atoms with Crippen molar-refractivity contribution in [1.82, 2.24) is 19.9 Å². The van der Waals surface area contributed by atoms with Crippen molar-refractivity contribution in [2.45, 2.75) is 18.8 Å². The zero-order valence-electron chi connectivity index (χ0n) is 19.7. The summed E-state index contributed by atoms with van der Waals surface area (Å²) in [6, 6.07) is 10.1. The second kappa shape index (κ2) is 9.18. The van der Waals surface area contributed by atoms with Crippen LogP contribution in [0.4, 0.5) is 39.2 Å². The van der Waals surface area contributed by atoms with E-state index in [0.29, 0.717) is 42.4 Å². The van der Waals surface area contributed by atoms with Crippen molar-refractivity contribution >= 4 is 34.8 Å². The Kier molecular flexibility index (Phi) is 5.73. The number of aromatic nitrogens is 3. The van der Waals surface area contributed by atoms with E-state index in [4.69, 9.17) is 4.74 Å². The van der Waals surface area contributed by atoms with E-state index in [2.05, 4.69) is 65.9 Å². The van der Waals surface area contributed by atoms with Gasteiger partial charge >= 0.3 is 0 Å². The predicted molar refractivity (Wildman–Crippen MR) is 135 cm³/mol. The molecule has 1 saturated carbocycles. The number of fused-ring (bicyclic) bond motifs is 1. The average Bonchev–Trinajstić information content (AvgIpc) is 3.72. The van der Waals surface area contributed by atoms with Gasteiger partial charge in [-0.3, -0.25) is 0 Å². The molecule has 182 valence electrons. The molecule has 2 fully saturated rings. The summed E-state index contributed by atoms with van der Waals surface area (Å²) in [5.41, 5.74) is 3.45. The standard InChI is InChI=1S/C25H29FN8O/c1-33-7-9-34(10-8-33)19-13-17(16-2-3-16)12-18(14-19)29-25-28-15-20(26)23(32-25)30-22-5-4-21-24(31-22)27-6-11-35-21/h4-5,12-16H,2-3,6-11H2,1H3,(H3,27,28,29,30,31,32). The molecule has 0 amide bonds. The van der Waals surface area contributed by atoms with Crippen molar-refractivity contribution in [2.24, 2.45) is 0 Å². The molecule has 3 aromatic rings. The number of ether oxygens (including phenoxy) is 1. The van der Waals surface area contributed by atoms with E-state index < -0.39 is 5.82 Å². The predicted octanol–water partition coefficient (Wildman–Crippen LogP) is 3.93. The fraction of sp³-hybridized carbons (Fsp3) is 0.400. The molecule has 2 aromatic heterocycles. The van der Waals surface area contributed by atoms with E-state index in [1.165, 1.54) is 30.3 Å². The minimum absolute atomic E-state index is 0.0596. The van der Waals surface area contributed by atoms with Gasteiger partial charge in [-0.05, 0) is 61.7 Å². The quantitative estimate of drug-likeness (QED) is 0.490. The molecule has 0 radical (unpaired) electrons. The van der Waals surface area contributed by atoms with Crippen molar-refractivity contribution in [1.29, 1.82) is 0 Å². The molecule has 4 heterocycles. The Morgan fingerprint density at radius 3 is 2.74 bits per heavy atom. The molecular formula is C25H29FN8O. The fourth-order valence-corrected chi connectivity index (χ4v) is 4.46. The molecule has 10 heteroatoms. The van der Waals surface area contributed by atoms with Crippen LogP contribution in [0.15, 0.2) is 36.5 Å². The number of hydrogen-bond acceptors (Lipinski definition) is 9. The van der Waals surface area contributed by atoms with E-state index >= 15 is 0 Å². The van der Waals surface area contributed by atoms with Gasteiger partial charge in [-0.2, -0.15) is 4.98 Å². The number of piperazine rings is 1. The summed E-state index contributed by atoms with van der Waals surface area (Å²) in [7, 11) is 2.16. The van der Waals surface area contributed by atoms with Crippen molar-refractivity contribution in [3.63, 3.8) is 0 Å². The van der Waals surface area contributed by atoms with E-state index in [9.17, 15) is 4.39 Å². The maximum Gasteiger partial charge on any atom is 0.229 e. The summed E-state index contributed by atoms with van der Waals surface area (Å²) >= 11 is 0. The number of rotatable bonds is 6. The van der Waals surface area contributed by atoms with Crippen molar-refractivity contribution in [3.8, 4) is 5.75 Å². The SMILES string of the molecule is CN1CCN(c2cc(Nc3ncc(F)c(Nc4ccc5c(n4)NCCO5)n3)cc(C3CC3)c2)CC1. The summed E-state index contributed by atoms with van der Waals surface area (Å²) in [4.78, 5) is 17.8. The number of likely N-dealkylation sites (N-methyl/N-ethyl adjacent to an activating group) is 1. The Labute approximate surface area is 203 Å². The monoisotopic (exact) mass is 476 g/mol. The maximum absolute atomic E-state index is 14.6. The number of anilines is 6. The third-order valence-corrected chi connectivity index (χ3v) is 6.61. The van der Waals surface area contributed by atoms with Gasteiger partial charge in [0.25, 0.3) is 0 Å². The molecule has 6 rings (SSSR count). The first-order valence-corrected chi connectivity index (χ1v) is 12.1. The molecule has 3 N–H and O–H groups in total. The van der Waals surface area contributed by atoms with Gasteiger partial charge in [0, 0.05) is 37.6 Å². The third-order valence-electron chi connectivity index (χ3n) is 6.61. The van der Waals surface area contributed by atoms with Crippen molar-refractivity contribution < 1.29 is 9.13 Å². The third kappa shape index (κ3) is 4.93. The molecule has 3 aliphatic rings. The number of hydrogen-bond donors (Lipinski definition) is 3. The molecule has 9 nitrogen and oxygen atoms in total. The Hall–Kier alpha value is -3.66. The number of pyridine rings is 1. The molecular weight excluding hydrogens is 447 g/mol. The molecule has 0 atom stereocenters. The highest BCUT2D eigenvalue weighted by atomic mass is 19.1. The van der Waals surface area contributed by atoms with Gasteiger partial charge in [-0.15, -0.1) is 0 Å². The number of nitrogens with zero attached hydrogens (tertiary/aromatic N) is 5. The summed E-state index contributed by atoms with van der Waals surface area (Å²) in [5, 5.41) is 9.45. The Balaban J connectivity index is 1.23. The number of benzene rings is 1.